The summed E-state index contributed by atoms with van der Waals surface area (Å²) in [6.07, 6.45) is -3.37. The third-order valence-corrected chi connectivity index (χ3v) is 7.66. The molecule has 0 radical (unpaired) electrons. The molecule has 0 bridgehead atoms. The zero-order valence-corrected chi connectivity index (χ0v) is 21.0. The van der Waals surface area contributed by atoms with Crippen LogP contribution >= 0.6 is 0 Å². The lowest BCUT2D eigenvalue weighted by Crippen LogP contribution is -2.49. The number of rotatable bonds is 8. The van der Waals surface area contributed by atoms with Crippen molar-refractivity contribution in [3.05, 3.63) is 48.0 Å². The lowest BCUT2D eigenvalue weighted by Gasteiger charge is -2.37. The minimum Gasteiger partial charge on any atom is -0.495 e. The summed E-state index contributed by atoms with van der Waals surface area (Å²) in [6, 6.07) is 9.75. The van der Waals surface area contributed by atoms with Crippen LogP contribution in [-0.2, 0) is 14.8 Å². The number of amides is 1. The average molecular weight is 544 g/mol. The van der Waals surface area contributed by atoms with Crippen LogP contribution < -0.4 is 19.1 Å². The Hall–Kier alpha value is -3.03. The summed E-state index contributed by atoms with van der Waals surface area (Å²) in [4.78, 5) is 16.4. The van der Waals surface area contributed by atoms with Crippen molar-refractivity contribution < 1.29 is 40.6 Å². The van der Waals surface area contributed by atoms with E-state index in [0.29, 0.717) is 31.1 Å². The molecule has 1 amide bonds. The Balaban J connectivity index is 1.46. The van der Waals surface area contributed by atoms with Gasteiger partial charge in [0, 0.05) is 39.3 Å². The van der Waals surface area contributed by atoms with E-state index in [1.54, 1.807) is 6.07 Å². The second-order valence-corrected chi connectivity index (χ2v) is 10.4. The van der Waals surface area contributed by atoms with Gasteiger partial charge >= 0.3 is 6.36 Å². The Kier molecular flexibility index (Phi) is 8.14. The maximum atomic E-state index is 13.0. The molecule has 9 nitrogen and oxygen atoms in total. The predicted octanol–water partition coefficient (Wildman–Crippen LogP) is 3.01. The summed E-state index contributed by atoms with van der Waals surface area (Å²) >= 11 is 0. The van der Waals surface area contributed by atoms with Crippen LogP contribution in [0.2, 0.25) is 0 Å². The summed E-state index contributed by atoms with van der Waals surface area (Å²) in [5, 5.41) is 0. The van der Waals surface area contributed by atoms with Gasteiger partial charge in [-0.05, 0) is 43.2 Å². The normalized spacial score (nSPS) is 18.6. The first-order valence-corrected chi connectivity index (χ1v) is 13.2. The molecule has 2 fully saturated rings. The van der Waals surface area contributed by atoms with E-state index < -0.39 is 28.0 Å². The van der Waals surface area contributed by atoms with Gasteiger partial charge in [0.2, 0.25) is 10.0 Å². The van der Waals surface area contributed by atoms with Crippen molar-refractivity contribution in [2.24, 2.45) is 0 Å². The van der Waals surface area contributed by atoms with Crippen LogP contribution in [0.3, 0.4) is 0 Å². The van der Waals surface area contributed by atoms with Crippen molar-refractivity contribution in [2.45, 2.75) is 30.2 Å². The van der Waals surface area contributed by atoms with Gasteiger partial charge in [0.1, 0.15) is 11.5 Å². The van der Waals surface area contributed by atoms with Crippen molar-refractivity contribution >= 4 is 21.6 Å². The molecule has 4 rings (SSSR count). The van der Waals surface area contributed by atoms with Crippen LogP contribution in [0.4, 0.5) is 18.9 Å². The van der Waals surface area contributed by atoms with Crippen LogP contribution in [0.5, 0.6) is 11.5 Å². The highest BCUT2D eigenvalue weighted by Gasteiger charge is 2.34. The number of benzene rings is 2. The highest BCUT2D eigenvalue weighted by atomic mass is 32.2. The predicted molar refractivity (Wildman–Crippen MR) is 128 cm³/mol. The summed E-state index contributed by atoms with van der Waals surface area (Å²) in [6.45, 7) is 1.85. The Morgan fingerprint density at radius 3 is 2.49 bits per heavy atom. The smallest absolute Gasteiger partial charge is 0.495 e. The van der Waals surface area contributed by atoms with Gasteiger partial charge in [-0.15, -0.1) is 13.2 Å². The van der Waals surface area contributed by atoms with Crippen LogP contribution in [0.15, 0.2) is 47.4 Å². The molecule has 0 unspecified atom stereocenters. The SMILES string of the molecule is COc1ccc(S(=O)(=O)NC[C@H]2CCCO2)cc1N1CCN(C(=O)c2ccccc2OC(F)(F)F)CC1. The zero-order valence-electron chi connectivity index (χ0n) is 20.2. The van der Waals surface area contributed by atoms with E-state index in [1.807, 2.05) is 4.90 Å². The maximum absolute atomic E-state index is 13.0. The molecule has 2 saturated heterocycles. The minimum absolute atomic E-state index is 0.0676. The van der Waals surface area contributed by atoms with E-state index in [0.717, 1.165) is 18.9 Å². The number of hydrogen-bond donors (Lipinski definition) is 1. The average Bonchev–Trinajstić information content (AvgIpc) is 3.40. The molecule has 0 spiro atoms. The molecule has 2 aromatic carbocycles. The number of piperazine rings is 1. The number of hydrogen-bond acceptors (Lipinski definition) is 7. The van der Waals surface area contributed by atoms with E-state index in [1.165, 1.54) is 42.3 Å². The monoisotopic (exact) mass is 543 g/mol. The van der Waals surface area contributed by atoms with E-state index in [4.69, 9.17) is 9.47 Å². The molecular weight excluding hydrogens is 515 g/mol. The zero-order chi connectivity index (χ0) is 26.6. The van der Waals surface area contributed by atoms with Crippen LogP contribution in [0, 0.1) is 0 Å². The van der Waals surface area contributed by atoms with Gasteiger partial charge in [0.15, 0.2) is 0 Å². The molecule has 13 heteroatoms. The minimum atomic E-state index is -4.92. The number of halogens is 3. The molecule has 0 aromatic heterocycles. The third-order valence-electron chi connectivity index (χ3n) is 6.24. The van der Waals surface area contributed by atoms with E-state index in [2.05, 4.69) is 9.46 Å². The lowest BCUT2D eigenvalue weighted by molar-refractivity contribution is -0.274. The molecule has 0 saturated carbocycles. The summed E-state index contributed by atoms with van der Waals surface area (Å²) in [7, 11) is -2.32. The number of carbonyl (C=O) groups is 1. The Labute approximate surface area is 213 Å². The number of sulfonamides is 1. The van der Waals surface area contributed by atoms with Crippen molar-refractivity contribution in [3.8, 4) is 11.5 Å². The Morgan fingerprint density at radius 1 is 1.11 bits per heavy atom. The topological polar surface area (TPSA) is 97.4 Å². The third kappa shape index (κ3) is 6.65. The molecule has 2 heterocycles. The number of nitrogens with one attached hydrogen (secondary N) is 1. The first kappa shape index (κ1) is 27.0. The maximum Gasteiger partial charge on any atom is 0.573 e. The number of nitrogens with zero attached hydrogens (tertiary/aromatic N) is 2. The molecule has 2 aromatic rings. The summed E-state index contributed by atoms with van der Waals surface area (Å²) in [5.41, 5.74) is 0.353. The van der Waals surface area contributed by atoms with E-state index in [9.17, 15) is 26.4 Å². The molecular formula is C24H28F3N3O6S. The fourth-order valence-electron chi connectivity index (χ4n) is 4.35. The molecule has 1 atom stereocenters. The number of ether oxygens (including phenoxy) is 3. The standard InChI is InChI=1S/C24H28F3N3O6S/c1-34-22-9-8-18(37(32,33)28-16-17-5-4-14-35-17)15-20(22)29-10-12-30(13-11-29)23(31)19-6-2-3-7-21(19)36-24(25,26)27/h2-3,6-9,15,17,28H,4-5,10-14,16H2,1H3/t17-/m1/s1. The quantitative estimate of drug-likeness (QED) is 0.547. The van der Waals surface area contributed by atoms with Gasteiger partial charge in [0.05, 0.1) is 29.4 Å². The van der Waals surface area contributed by atoms with Crippen LogP contribution in [0.25, 0.3) is 0 Å². The summed E-state index contributed by atoms with van der Waals surface area (Å²) < 4.78 is 81.6. The van der Waals surface area contributed by atoms with Crippen molar-refractivity contribution in [1.29, 1.82) is 0 Å². The molecule has 0 aliphatic carbocycles. The highest BCUT2D eigenvalue weighted by Crippen LogP contribution is 2.33. The second-order valence-electron chi connectivity index (χ2n) is 8.64. The first-order valence-electron chi connectivity index (χ1n) is 11.8. The van der Waals surface area contributed by atoms with E-state index >= 15 is 0 Å². The van der Waals surface area contributed by atoms with Crippen molar-refractivity contribution in [2.75, 3.05) is 51.3 Å². The highest BCUT2D eigenvalue weighted by molar-refractivity contribution is 7.89. The van der Waals surface area contributed by atoms with Gasteiger partial charge in [-0.2, -0.15) is 0 Å². The fourth-order valence-corrected chi connectivity index (χ4v) is 5.44. The number of para-hydroxylation sites is 1. The largest absolute Gasteiger partial charge is 0.573 e. The lowest BCUT2D eigenvalue weighted by atomic mass is 10.1. The van der Waals surface area contributed by atoms with Gasteiger partial charge in [-0.1, -0.05) is 12.1 Å². The van der Waals surface area contributed by atoms with E-state index in [-0.39, 0.29) is 36.2 Å². The molecule has 1 N–H and O–H groups in total. The van der Waals surface area contributed by atoms with Gasteiger partial charge in [0.25, 0.3) is 5.91 Å². The summed E-state index contributed by atoms with van der Waals surface area (Å²) in [5.74, 6) is -0.680. The van der Waals surface area contributed by atoms with Crippen molar-refractivity contribution in [1.82, 2.24) is 9.62 Å². The number of methoxy groups -OCH3 is 1. The van der Waals surface area contributed by atoms with Gasteiger partial charge < -0.3 is 24.0 Å². The van der Waals surface area contributed by atoms with Gasteiger partial charge in [-0.25, -0.2) is 13.1 Å². The number of anilines is 1. The first-order chi connectivity index (χ1) is 17.6. The fraction of sp³-hybridized carbons (Fsp3) is 0.458. The Morgan fingerprint density at radius 2 is 1.84 bits per heavy atom. The van der Waals surface area contributed by atoms with Crippen LogP contribution in [-0.4, -0.2) is 78.1 Å². The molecule has 37 heavy (non-hydrogen) atoms. The Bertz CT molecular complexity index is 1210. The molecule has 2 aliphatic rings. The number of carbonyl (C=O) groups excluding carboxylic acids is 1. The molecule has 2 aliphatic heterocycles. The van der Waals surface area contributed by atoms with Gasteiger partial charge in [-0.3, -0.25) is 4.79 Å². The van der Waals surface area contributed by atoms with Crippen molar-refractivity contribution in [3.63, 3.8) is 0 Å². The molecule has 202 valence electrons. The second kappa shape index (κ2) is 11.2. The van der Waals surface area contributed by atoms with Crippen LogP contribution in [0.1, 0.15) is 23.2 Å². The number of alkyl halides is 3.